The zero-order valence-electron chi connectivity index (χ0n) is 14.3. The Morgan fingerprint density at radius 2 is 1.15 bits per heavy atom. The maximum atomic E-state index is 6.13. The van der Waals surface area contributed by atoms with E-state index >= 15 is 0 Å². The van der Waals surface area contributed by atoms with Gasteiger partial charge in [0, 0.05) is 11.4 Å². The first-order valence-corrected chi connectivity index (χ1v) is 8.74. The highest BCUT2D eigenvalue weighted by Gasteiger charge is 2.09. The summed E-state index contributed by atoms with van der Waals surface area (Å²) in [5, 5.41) is 6.97. The Hall–Kier alpha value is -2.48. The Morgan fingerprint density at radius 3 is 1.52 bits per heavy atom. The van der Waals surface area contributed by atoms with E-state index in [-0.39, 0.29) is 17.2 Å². The summed E-state index contributed by atoms with van der Waals surface area (Å²) in [6.07, 6.45) is 0. The smallest absolute Gasteiger partial charge is 0.233 e. The Kier molecular flexibility index (Phi) is 6.05. The van der Waals surface area contributed by atoms with Gasteiger partial charge in [0.05, 0.1) is 24.3 Å². The van der Waals surface area contributed by atoms with E-state index in [1.807, 2.05) is 0 Å². The monoisotopic (exact) mass is 425 g/mol. The number of methoxy groups -OCH3 is 2. The van der Waals surface area contributed by atoms with Crippen molar-refractivity contribution < 1.29 is 9.47 Å². The molecule has 3 rings (SSSR count). The largest absolute Gasteiger partial charge is 0.495 e. The van der Waals surface area contributed by atoms with E-state index in [0.717, 1.165) is 0 Å². The normalized spacial score (nSPS) is 10.4. The summed E-state index contributed by atoms with van der Waals surface area (Å²) in [6, 6.07) is 10.4. The van der Waals surface area contributed by atoms with Crippen LogP contribution in [0.15, 0.2) is 36.4 Å². The first-order valence-electron chi connectivity index (χ1n) is 7.61. The molecule has 2 N–H and O–H groups in total. The molecular weight excluding hydrogens is 413 g/mol. The molecule has 0 amide bonds. The molecule has 0 aliphatic carbocycles. The van der Waals surface area contributed by atoms with Crippen molar-refractivity contribution in [2.45, 2.75) is 0 Å². The molecule has 10 heteroatoms. The number of rotatable bonds is 6. The molecule has 0 aliphatic heterocycles. The van der Waals surface area contributed by atoms with Crippen molar-refractivity contribution in [1.82, 2.24) is 15.0 Å². The van der Waals surface area contributed by atoms with Crippen LogP contribution >= 0.6 is 34.8 Å². The van der Waals surface area contributed by atoms with Crippen molar-refractivity contribution in [3.8, 4) is 11.5 Å². The van der Waals surface area contributed by atoms with Gasteiger partial charge in [-0.15, -0.1) is 0 Å². The minimum absolute atomic E-state index is 0.0224. The molecule has 27 heavy (non-hydrogen) atoms. The van der Waals surface area contributed by atoms with Crippen LogP contribution in [0.25, 0.3) is 0 Å². The predicted molar refractivity (Wildman–Crippen MR) is 107 cm³/mol. The molecule has 1 heterocycles. The van der Waals surface area contributed by atoms with Crippen LogP contribution < -0.4 is 20.1 Å². The lowest BCUT2D eigenvalue weighted by molar-refractivity contribution is 0.415. The highest BCUT2D eigenvalue weighted by Crippen LogP contribution is 2.30. The minimum Gasteiger partial charge on any atom is -0.495 e. The first kappa shape index (κ1) is 19.3. The van der Waals surface area contributed by atoms with Crippen LogP contribution in [0.2, 0.25) is 15.3 Å². The van der Waals surface area contributed by atoms with Gasteiger partial charge in [0.1, 0.15) is 11.5 Å². The highest BCUT2D eigenvalue weighted by atomic mass is 35.5. The SMILES string of the molecule is COc1ccc(Nc2nc(Cl)nc(Nc3ccc(OC)c(Cl)c3)n2)cc1Cl. The third kappa shape index (κ3) is 4.82. The summed E-state index contributed by atoms with van der Waals surface area (Å²) in [6.45, 7) is 0. The van der Waals surface area contributed by atoms with Crippen LogP contribution in [0.3, 0.4) is 0 Å². The first-order chi connectivity index (χ1) is 13.0. The van der Waals surface area contributed by atoms with Crippen molar-refractivity contribution in [2.75, 3.05) is 24.9 Å². The zero-order chi connectivity index (χ0) is 19.4. The molecule has 0 bridgehead atoms. The summed E-state index contributed by atoms with van der Waals surface area (Å²) in [4.78, 5) is 12.4. The fraction of sp³-hybridized carbons (Fsp3) is 0.118. The average molecular weight is 427 g/mol. The Morgan fingerprint density at radius 1 is 0.704 bits per heavy atom. The zero-order valence-corrected chi connectivity index (χ0v) is 16.5. The number of aromatic nitrogens is 3. The van der Waals surface area contributed by atoms with Gasteiger partial charge in [-0.05, 0) is 48.0 Å². The van der Waals surface area contributed by atoms with Crippen LogP contribution in [0.5, 0.6) is 11.5 Å². The Labute approximate surface area is 170 Å². The summed E-state index contributed by atoms with van der Waals surface area (Å²) in [5.74, 6) is 1.63. The molecule has 7 nitrogen and oxygen atoms in total. The van der Waals surface area contributed by atoms with Gasteiger partial charge < -0.3 is 20.1 Å². The van der Waals surface area contributed by atoms with Gasteiger partial charge in [0.2, 0.25) is 17.2 Å². The van der Waals surface area contributed by atoms with Crippen LogP contribution in [0, 0.1) is 0 Å². The van der Waals surface area contributed by atoms with E-state index in [9.17, 15) is 0 Å². The maximum Gasteiger partial charge on any atom is 0.233 e. The van der Waals surface area contributed by atoms with Crippen LogP contribution in [0.4, 0.5) is 23.3 Å². The van der Waals surface area contributed by atoms with Crippen LogP contribution in [-0.4, -0.2) is 29.2 Å². The van der Waals surface area contributed by atoms with E-state index in [4.69, 9.17) is 44.3 Å². The van der Waals surface area contributed by atoms with Crippen molar-refractivity contribution in [2.24, 2.45) is 0 Å². The van der Waals surface area contributed by atoms with Crippen molar-refractivity contribution in [1.29, 1.82) is 0 Å². The molecule has 0 radical (unpaired) electrons. The van der Waals surface area contributed by atoms with E-state index in [0.29, 0.717) is 32.9 Å². The van der Waals surface area contributed by atoms with E-state index in [1.54, 1.807) is 50.6 Å². The fourth-order valence-corrected chi connectivity index (χ4v) is 2.88. The minimum atomic E-state index is 0.0224. The van der Waals surface area contributed by atoms with Crippen LogP contribution in [-0.2, 0) is 0 Å². The molecule has 0 unspecified atom stereocenters. The summed E-state index contributed by atoms with van der Waals surface area (Å²) < 4.78 is 10.3. The molecule has 1 aromatic heterocycles. The second kappa shape index (κ2) is 8.47. The van der Waals surface area contributed by atoms with E-state index < -0.39 is 0 Å². The van der Waals surface area contributed by atoms with Gasteiger partial charge in [0.25, 0.3) is 0 Å². The van der Waals surface area contributed by atoms with Crippen molar-refractivity contribution >= 4 is 58.1 Å². The molecular formula is C17H14Cl3N5O2. The number of nitrogens with zero attached hydrogens (tertiary/aromatic N) is 3. The fourth-order valence-electron chi connectivity index (χ4n) is 2.21. The number of benzene rings is 2. The molecule has 0 atom stereocenters. The molecule has 0 aliphatic rings. The lowest BCUT2D eigenvalue weighted by Gasteiger charge is -2.10. The number of ether oxygens (including phenoxy) is 2. The average Bonchev–Trinajstić information content (AvgIpc) is 2.61. The Balaban J connectivity index is 1.82. The van der Waals surface area contributed by atoms with Gasteiger partial charge in [-0.25, -0.2) is 0 Å². The highest BCUT2D eigenvalue weighted by molar-refractivity contribution is 6.32. The quantitative estimate of drug-likeness (QED) is 0.551. The van der Waals surface area contributed by atoms with Crippen molar-refractivity contribution in [3.63, 3.8) is 0 Å². The number of hydrogen-bond donors (Lipinski definition) is 2. The predicted octanol–water partition coefficient (Wildman–Crippen LogP) is 5.34. The van der Waals surface area contributed by atoms with Gasteiger partial charge in [-0.2, -0.15) is 15.0 Å². The topological polar surface area (TPSA) is 81.2 Å². The van der Waals surface area contributed by atoms with Gasteiger partial charge in [-0.3, -0.25) is 0 Å². The lowest BCUT2D eigenvalue weighted by Crippen LogP contribution is -2.04. The summed E-state index contributed by atoms with van der Waals surface area (Å²) >= 11 is 18.3. The molecule has 0 saturated heterocycles. The van der Waals surface area contributed by atoms with Gasteiger partial charge in [0.15, 0.2) is 0 Å². The molecule has 0 spiro atoms. The summed E-state index contributed by atoms with van der Waals surface area (Å²) in [5.41, 5.74) is 1.34. The maximum absolute atomic E-state index is 6.13. The Bertz CT molecular complexity index is 898. The second-order valence-corrected chi connectivity index (χ2v) is 6.35. The van der Waals surface area contributed by atoms with Crippen LogP contribution in [0.1, 0.15) is 0 Å². The van der Waals surface area contributed by atoms with E-state index in [2.05, 4.69) is 25.6 Å². The molecule has 3 aromatic rings. The standard InChI is InChI=1S/C17H14Cl3N5O2/c1-26-13-5-3-9(7-11(13)18)21-16-23-15(20)24-17(25-16)22-10-4-6-14(27-2)12(19)8-10/h3-8H,1-2H3,(H2,21,22,23,24,25). The second-order valence-electron chi connectivity index (χ2n) is 5.20. The lowest BCUT2D eigenvalue weighted by atomic mass is 10.3. The molecule has 140 valence electrons. The number of anilines is 4. The third-order valence-corrected chi connectivity index (χ3v) is 4.18. The third-order valence-electron chi connectivity index (χ3n) is 3.42. The number of halogens is 3. The number of nitrogens with one attached hydrogen (secondary N) is 2. The van der Waals surface area contributed by atoms with Crippen molar-refractivity contribution in [3.05, 3.63) is 51.7 Å². The molecule has 0 fully saturated rings. The van der Waals surface area contributed by atoms with Gasteiger partial charge >= 0.3 is 0 Å². The molecule has 2 aromatic carbocycles. The van der Waals surface area contributed by atoms with E-state index in [1.165, 1.54) is 0 Å². The summed E-state index contributed by atoms with van der Waals surface area (Å²) in [7, 11) is 3.09. The number of hydrogen-bond acceptors (Lipinski definition) is 7. The van der Waals surface area contributed by atoms with Gasteiger partial charge in [-0.1, -0.05) is 23.2 Å². The molecule has 0 saturated carbocycles.